The molecule has 1 atom stereocenters. The van der Waals surface area contributed by atoms with E-state index in [9.17, 15) is 62.9 Å². The van der Waals surface area contributed by atoms with E-state index in [1.165, 1.54) is 48.5 Å². The van der Waals surface area contributed by atoms with E-state index in [1.54, 1.807) is 0 Å². The minimum atomic E-state index is -6.14. The van der Waals surface area contributed by atoms with Crippen molar-refractivity contribution in [2.24, 2.45) is 5.92 Å². The van der Waals surface area contributed by atoms with E-state index in [4.69, 9.17) is 0 Å². The van der Waals surface area contributed by atoms with Crippen LogP contribution in [0.3, 0.4) is 0 Å². The molecule has 0 spiro atoms. The van der Waals surface area contributed by atoms with Gasteiger partial charge in [0.2, 0.25) is 10.0 Å². The lowest BCUT2D eigenvalue weighted by Crippen LogP contribution is -2.62. The normalized spacial score (nSPS) is 20.0. The van der Waals surface area contributed by atoms with Gasteiger partial charge < -0.3 is 10.2 Å². The molecular formula is C26H26F9NO5S. The lowest BCUT2D eigenvalue weighted by atomic mass is 9.74. The molecule has 1 aliphatic rings. The van der Waals surface area contributed by atoms with Crippen LogP contribution in [-0.2, 0) is 16.4 Å². The van der Waals surface area contributed by atoms with Crippen molar-refractivity contribution in [3.8, 4) is 0 Å². The number of aromatic carboxylic acids is 1. The summed E-state index contributed by atoms with van der Waals surface area (Å²) in [4.78, 5) is 11.4. The number of nitrogens with zero attached hydrogens (tertiary/aromatic N) is 1. The standard InChI is InChI=1S/C26H26F9NO5S/c27-23(28,29)15-36(20-11-9-19(10-12-20)24(39,25(30,31)32)26(33,34)35)42(40,41)21(17-6-2-1-3-7-17)14-16-5-4-8-18(13-16)22(37)38/h1-8,13,19-21,39H,9-12,14-15H2,(H,37,38). The largest absolute Gasteiger partial charge is 0.478 e. The predicted molar refractivity (Wildman–Crippen MR) is 131 cm³/mol. The first-order valence-corrected chi connectivity index (χ1v) is 14.0. The molecule has 42 heavy (non-hydrogen) atoms. The first-order valence-electron chi connectivity index (χ1n) is 12.5. The fourth-order valence-electron chi connectivity index (χ4n) is 5.28. The van der Waals surface area contributed by atoms with Gasteiger partial charge in [-0.3, -0.25) is 0 Å². The molecule has 0 amide bonds. The number of aliphatic hydroxyl groups is 1. The van der Waals surface area contributed by atoms with Crippen molar-refractivity contribution in [3.05, 3.63) is 71.3 Å². The Morgan fingerprint density at radius 2 is 1.40 bits per heavy atom. The lowest BCUT2D eigenvalue weighted by molar-refractivity contribution is -0.387. The summed E-state index contributed by atoms with van der Waals surface area (Å²) in [6.07, 6.45) is -21.6. The van der Waals surface area contributed by atoms with E-state index in [0.29, 0.717) is 0 Å². The second kappa shape index (κ2) is 12.0. The van der Waals surface area contributed by atoms with Crippen LogP contribution in [0.25, 0.3) is 0 Å². The van der Waals surface area contributed by atoms with Crippen LogP contribution in [-0.4, -0.2) is 65.6 Å². The monoisotopic (exact) mass is 635 g/mol. The summed E-state index contributed by atoms with van der Waals surface area (Å²) >= 11 is 0. The number of hydrogen-bond donors (Lipinski definition) is 2. The van der Waals surface area contributed by atoms with Crippen LogP contribution in [0.15, 0.2) is 54.6 Å². The number of hydrogen-bond acceptors (Lipinski definition) is 4. The lowest BCUT2D eigenvalue weighted by Gasteiger charge is -2.44. The van der Waals surface area contributed by atoms with E-state index in [-0.39, 0.29) is 21.0 Å². The highest BCUT2D eigenvalue weighted by atomic mass is 32.2. The molecule has 6 nitrogen and oxygen atoms in total. The fourth-order valence-corrected chi connectivity index (χ4v) is 7.46. The van der Waals surface area contributed by atoms with Gasteiger partial charge in [-0.15, -0.1) is 0 Å². The Kier molecular flexibility index (Phi) is 9.64. The van der Waals surface area contributed by atoms with Crippen LogP contribution in [0.4, 0.5) is 39.5 Å². The number of halogens is 9. The summed E-state index contributed by atoms with van der Waals surface area (Å²) in [7, 11) is -5.03. The van der Waals surface area contributed by atoms with Gasteiger partial charge in [-0.2, -0.15) is 43.8 Å². The zero-order valence-corrected chi connectivity index (χ0v) is 22.4. The minimum Gasteiger partial charge on any atom is -0.478 e. The van der Waals surface area contributed by atoms with Crippen molar-refractivity contribution in [1.82, 2.24) is 4.31 Å². The molecule has 3 rings (SSSR count). The zero-order chi connectivity index (χ0) is 31.7. The first kappa shape index (κ1) is 33.6. The molecule has 2 aromatic carbocycles. The molecule has 0 heterocycles. The van der Waals surface area contributed by atoms with E-state index >= 15 is 0 Å². The van der Waals surface area contributed by atoms with E-state index in [2.05, 4.69) is 0 Å². The maximum atomic E-state index is 13.9. The van der Waals surface area contributed by atoms with Gasteiger partial charge >= 0.3 is 24.5 Å². The highest BCUT2D eigenvalue weighted by Crippen LogP contribution is 2.52. The molecule has 0 aromatic heterocycles. The molecule has 1 unspecified atom stereocenters. The second-order valence-corrected chi connectivity index (χ2v) is 12.1. The van der Waals surface area contributed by atoms with Crippen LogP contribution in [0.5, 0.6) is 0 Å². The van der Waals surface area contributed by atoms with Crippen molar-refractivity contribution in [3.63, 3.8) is 0 Å². The van der Waals surface area contributed by atoms with E-state index < -0.39 is 96.0 Å². The Morgan fingerprint density at radius 1 is 0.857 bits per heavy atom. The predicted octanol–water partition coefficient (Wildman–Crippen LogP) is 6.28. The molecule has 234 valence electrons. The summed E-state index contributed by atoms with van der Waals surface area (Å²) in [6.45, 7) is -2.06. The van der Waals surface area contributed by atoms with Crippen LogP contribution in [0.2, 0.25) is 0 Å². The average Bonchev–Trinajstić information content (AvgIpc) is 2.88. The van der Waals surface area contributed by atoms with Crippen LogP contribution in [0.1, 0.15) is 52.4 Å². The SMILES string of the molecule is O=C(O)c1cccc(CC(c2ccccc2)S(=O)(=O)N(CC(F)(F)F)C2CCC(C(O)(C(F)(F)F)C(F)(F)F)CC2)c1. The third kappa shape index (κ3) is 7.19. The Bertz CT molecular complexity index is 1320. The van der Waals surface area contributed by atoms with Crippen molar-refractivity contribution < 1.29 is 62.9 Å². The number of carbonyl (C=O) groups is 1. The van der Waals surface area contributed by atoms with Crippen molar-refractivity contribution >= 4 is 16.0 Å². The van der Waals surface area contributed by atoms with Crippen molar-refractivity contribution in [1.29, 1.82) is 0 Å². The summed E-state index contributed by atoms with van der Waals surface area (Å²) < 4.78 is 149. The Morgan fingerprint density at radius 3 is 1.88 bits per heavy atom. The minimum absolute atomic E-state index is 0.0302. The van der Waals surface area contributed by atoms with E-state index in [0.717, 1.165) is 6.07 Å². The summed E-state index contributed by atoms with van der Waals surface area (Å²) in [5.41, 5.74) is -5.17. The van der Waals surface area contributed by atoms with Gasteiger partial charge in [0.05, 0.1) is 5.56 Å². The maximum absolute atomic E-state index is 13.9. The second-order valence-electron chi connectivity index (χ2n) is 10.1. The number of carboxylic acids is 1. The van der Waals surface area contributed by atoms with Gasteiger partial charge in [0.1, 0.15) is 11.8 Å². The third-order valence-corrected chi connectivity index (χ3v) is 9.59. The van der Waals surface area contributed by atoms with Gasteiger partial charge in [-0.1, -0.05) is 42.5 Å². The van der Waals surface area contributed by atoms with Crippen molar-refractivity contribution in [2.45, 2.75) is 67.5 Å². The molecule has 0 bridgehead atoms. The molecular weight excluding hydrogens is 609 g/mol. The van der Waals surface area contributed by atoms with Gasteiger partial charge in [0.15, 0.2) is 0 Å². The molecule has 1 saturated carbocycles. The summed E-state index contributed by atoms with van der Waals surface area (Å²) in [6, 6.07) is 10.4. The highest BCUT2D eigenvalue weighted by molar-refractivity contribution is 7.89. The Balaban J connectivity index is 2.01. The number of carboxylic acid groups (broad SMARTS) is 1. The van der Waals surface area contributed by atoms with Crippen LogP contribution < -0.4 is 0 Å². The fraction of sp³-hybridized carbons (Fsp3) is 0.500. The Hall–Kier alpha value is -2.85. The molecule has 1 fully saturated rings. The topological polar surface area (TPSA) is 94.9 Å². The smallest absolute Gasteiger partial charge is 0.426 e. The molecule has 0 radical (unpaired) electrons. The van der Waals surface area contributed by atoms with Crippen molar-refractivity contribution in [2.75, 3.05) is 6.54 Å². The maximum Gasteiger partial charge on any atom is 0.426 e. The van der Waals surface area contributed by atoms with Gasteiger partial charge in [-0.25, -0.2) is 13.2 Å². The van der Waals surface area contributed by atoms with Gasteiger partial charge in [0, 0.05) is 12.0 Å². The summed E-state index contributed by atoms with van der Waals surface area (Å²) in [5, 5.41) is 17.3. The van der Waals surface area contributed by atoms with Gasteiger partial charge in [-0.05, 0) is 55.4 Å². The van der Waals surface area contributed by atoms with Crippen LogP contribution >= 0.6 is 0 Å². The molecule has 2 aromatic rings. The molecule has 0 aliphatic heterocycles. The third-order valence-electron chi connectivity index (χ3n) is 7.35. The zero-order valence-electron chi connectivity index (χ0n) is 21.5. The van der Waals surface area contributed by atoms with E-state index in [1.807, 2.05) is 0 Å². The average molecular weight is 636 g/mol. The number of benzene rings is 2. The molecule has 0 saturated heterocycles. The van der Waals surface area contributed by atoms with Crippen LogP contribution in [0, 0.1) is 5.92 Å². The number of alkyl halides is 9. The molecule has 1 aliphatic carbocycles. The number of sulfonamides is 1. The number of rotatable bonds is 9. The first-order chi connectivity index (χ1) is 19.2. The molecule has 2 N–H and O–H groups in total. The quantitative estimate of drug-likeness (QED) is 0.317. The highest BCUT2D eigenvalue weighted by Gasteiger charge is 2.73. The Labute approximate surface area is 234 Å². The van der Waals surface area contributed by atoms with Gasteiger partial charge in [0.25, 0.3) is 5.60 Å². The summed E-state index contributed by atoms with van der Waals surface area (Å²) in [5.74, 6) is -3.81. The molecule has 16 heteroatoms.